The summed E-state index contributed by atoms with van der Waals surface area (Å²) in [5.74, 6) is -3.26. The lowest BCUT2D eigenvalue weighted by molar-refractivity contribution is -0.149. The highest BCUT2D eigenvalue weighted by Crippen LogP contribution is 2.37. The molecule has 40 heavy (non-hydrogen) atoms. The Hall–Kier alpha value is -2.79. The molecule has 1 aromatic carbocycles. The summed E-state index contributed by atoms with van der Waals surface area (Å²) < 4.78 is 34.7. The zero-order chi connectivity index (χ0) is 28.4. The summed E-state index contributed by atoms with van der Waals surface area (Å²) in [6, 6.07) is 4.40. The number of benzene rings is 1. The lowest BCUT2D eigenvalue weighted by Crippen LogP contribution is -2.66. The van der Waals surface area contributed by atoms with E-state index in [0.717, 1.165) is 37.7 Å². The largest absolute Gasteiger partial charge is 0.493 e. The van der Waals surface area contributed by atoms with Crippen molar-refractivity contribution in [2.75, 3.05) is 33.3 Å². The molecular weight excluding hydrogens is 520 g/mol. The van der Waals surface area contributed by atoms with E-state index in [1.165, 1.54) is 4.90 Å². The number of carbonyl (C=O) groups excluding carboxylic acids is 3. The second kappa shape index (κ2) is 12.0. The van der Waals surface area contributed by atoms with Gasteiger partial charge in [0.25, 0.3) is 5.92 Å². The second-order valence-corrected chi connectivity index (χ2v) is 11.8. The number of piperazine rings is 1. The summed E-state index contributed by atoms with van der Waals surface area (Å²) in [6.45, 7) is 1.79. The van der Waals surface area contributed by atoms with Gasteiger partial charge in [0, 0.05) is 37.5 Å². The molecule has 4 aliphatic rings. The summed E-state index contributed by atoms with van der Waals surface area (Å²) in [6.07, 6.45) is 4.80. The number of alkyl halides is 2. The molecule has 3 aliphatic heterocycles. The van der Waals surface area contributed by atoms with Crippen molar-refractivity contribution in [1.82, 2.24) is 25.8 Å². The van der Waals surface area contributed by atoms with Gasteiger partial charge in [-0.15, -0.1) is 0 Å². The molecule has 0 aromatic heterocycles. The van der Waals surface area contributed by atoms with Crippen LogP contribution in [0.4, 0.5) is 8.78 Å². The Kier molecular flexibility index (Phi) is 8.61. The Morgan fingerprint density at radius 3 is 2.58 bits per heavy atom. The molecule has 3 N–H and O–H groups in total. The molecule has 5 unspecified atom stereocenters. The Labute approximate surface area is 234 Å². The van der Waals surface area contributed by atoms with E-state index in [1.54, 1.807) is 18.9 Å². The van der Waals surface area contributed by atoms with Gasteiger partial charge >= 0.3 is 0 Å². The number of carbonyl (C=O) groups is 3. The number of ether oxygens (including phenoxy) is 1. The Bertz CT molecular complexity index is 1100. The third kappa shape index (κ3) is 6.10. The van der Waals surface area contributed by atoms with Crippen molar-refractivity contribution in [1.29, 1.82) is 0 Å². The molecular formula is C29H41F2N5O4. The van der Waals surface area contributed by atoms with Gasteiger partial charge in [-0.1, -0.05) is 37.5 Å². The van der Waals surface area contributed by atoms with Crippen LogP contribution in [0.15, 0.2) is 24.3 Å². The molecule has 2 saturated heterocycles. The van der Waals surface area contributed by atoms with Gasteiger partial charge in [-0.2, -0.15) is 0 Å². The third-order valence-corrected chi connectivity index (χ3v) is 9.05. The Balaban J connectivity index is 1.41. The van der Waals surface area contributed by atoms with Gasteiger partial charge in [-0.05, 0) is 38.8 Å². The van der Waals surface area contributed by atoms with Crippen molar-refractivity contribution in [3.63, 3.8) is 0 Å². The van der Waals surface area contributed by atoms with E-state index in [1.807, 2.05) is 24.3 Å². The number of fused-ring (bicyclic) bond motifs is 2. The van der Waals surface area contributed by atoms with E-state index in [4.69, 9.17) is 4.74 Å². The van der Waals surface area contributed by atoms with Crippen LogP contribution in [0.5, 0.6) is 5.75 Å². The van der Waals surface area contributed by atoms with E-state index in [0.29, 0.717) is 18.8 Å². The van der Waals surface area contributed by atoms with E-state index >= 15 is 0 Å². The highest BCUT2D eigenvalue weighted by atomic mass is 19.3. The van der Waals surface area contributed by atoms with Crippen LogP contribution in [0.3, 0.4) is 0 Å². The van der Waals surface area contributed by atoms with Crippen molar-refractivity contribution >= 4 is 17.7 Å². The summed E-state index contributed by atoms with van der Waals surface area (Å²) >= 11 is 0. The smallest absolute Gasteiger partial charge is 0.262 e. The topological polar surface area (TPSA) is 103 Å². The molecule has 5 atom stereocenters. The van der Waals surface area contributed by atoms with E-state index in [2.05, 4.69) is 16.0 Å². The fourth-order valence-electron chi connectivity index (χ4n) is 6.70. The molecule has 220 valence electrons. The molecule has 9 nitrogen and oxygen atoms in total. The second-order valence-electron chi connectivity index (χ2n) is 11.8. The first-order valence-corrected chi connectivity index (χ1v) is 14.6. The van der Waals surface area contributed by atoms with Crippen molar-refractivity contribution in [2.45, 2.75) is 88.0 Å². The van der Waals surface area contributed by atoms with Crippen LogP contribution in [-0.4, -0.2) is 90.9 Å². The lowest BCUT2D eigenvalue weighted by Gasteiger charge is -2.45. The third-order valence-electron chi connectivity index (χ3n) is 9.05. The van der Waals surface area contributed by atoms with Gasteiger partial charge in [-0.3, -0.25) is 19.3 Å². The van der Waals surface area contributed by atoms with E-state index < -0.39 is 36.6 Å². The Morgan fingerprint density at radius 2 is 1.82 bits per heavy atom. The summed E-state index contributed by atoms with van der Waals surface area (Å²) in [5, 5.41) is 8.96. The van der Waals surface area contributed by atoms with Crippen molar-refractivity contribution < 1.29 is 27.9 Å². The van der Waals surface area contributed by atoms with Crippen molar-refractivity contribution in [3.8, 4) is 5.75 Å². The highest BCUT2D eigenvalue weighted by Gasteiger charge is 2.52. The fourth-order valence-corrected chi connectivity index (χ4v) is 6.70. The molecule has 0 radical (unpaired) electrons. The van der Waals surface area contributed by atoms with Crippen LogP contribution in [-0.2, 0) is 14.4 Å². The van der Waals surface area contributed by atoms with Crippen LogP contribution in [0, 0.1) is 5.92 Å². The Morgan fingerprint density at radius 1 is 1.07 bits per heavy atom. The number of likely N-dealkylation sites (N-methyl/N-ethyl adjacent to an activating group) is 1. The predicted octanol–water partition coefficient (Wildman–Crippen LogP) is 2.22. The first kappa shape index (κ1) is 28.7. The number of hydrogen-bond acceptors (Lipinski definition) is 6. The van der Waals surface area contributed by atoms with Crippen molar-refractivity contribution in [2.24, 2.45) is 5.92 Å². The highest BCUT2D eigenvalue weighted by molar-refractivity contribution is 5.93. The minimum atomic E-state index is -2.87. The SMILES string of the molecule is CNC(C)C(=O)NC(C(=O)N1CC2CC(F)(F)CN2CC1C(=O)NC1CCOc2ccccc21)C1CCCCC1. The van der Waals surface area contributed by atoms with Gasteiger partial charge in [-0.25, -0.2) is 8.78 Å². The molecule has 3 fully saturated rings. The quantitative estimate of drug-likeness (QED) is 0.472. The lowest BCUT2D eigenvalue weighted by atomic mass is 9.82. The van der Waals surface area contributed by atoms with Crippen LogP contribution in [0.25, 0.3) is 0 Å². The van der Waals surface area contributed by atoms with Crippen molar-refractivity contribution in [3.05, 3.63) is 29.8 Å². The normalized spacial score (nSPS) is 28.0. The standard InChI is InChI=1S/C29H41F2N5O4/c1-18(32-2)26(37)34-25(19-8-4-3-5-9-19)28(39)36-15-20-14-29(30,31)17-35(20)16-23(36)27(38)33-22-12-13-40-24-11-7-6-10-21(22)24/h6-7,10-11,18-20,22-23,25,32H,3-5,8-9,12-17H2,1-2H3,(H,33,38)(H,34,37). The number of hydrogen-bond donors (Lipinski definition) is 3. The predicted molar refractivity (Wildman–Crippen MR) is 145 cm³/mol. The molecule has 0 spiro atoms. The molecule has 1 aliphatic carbocycles. The zero-order valence-electron chi connectivity index (χ0n) is 23.3. The van der Waals surface area contributed by atoms with Crippen LogP contribution in [0.2, 0.25) is 0 Å². The van der Waals surface area contributed by atoms with Gasteiger partial charge in [0.2, 0.25) is 17.7 Å². The number of nitrogens with one attached hydrogen (secondary N) is 3. The fraction of sp³-hybridized carbons (Fsp3) is 0.690. The number of halogens is 2. The maximum Gasteiger partial charge on any atom is 0.262 e. The molecule has 1 aromatic rings. The molecule has 3 heterocycles. The molecule has 5 rings (SSSR count). The summed E-state index contributed by atoms with van der Waals surface area (Å²) in [4.78, 5) is 44.2. The first-order chi connectivity index (χ1) is 19.2. The average molecular weight is 562 g/mol. The van der Waals surface area contributed by atoms with E-state index in [9.17, 15) is 23.2 Å². The summed E-state index contributed by atoms with van der Waals surface area (Å²) in [5.41, 5.74) is 0.856. The van der Waals surface area contributed by atoms with Gasteiger partial charge in [0.15, 0.2) is 0 Å². The van der Waals surface area contributed by atoms with Crippen LogP contribution >= 0.6 is 0 Å². The molecule has 0 bridgehead atoms. The minimum Gasteiger partial charge on any atom is -0.493 e. The van der Waals surface area contributed by atoms with Gasteiger partial charge in [0.1, 0.15) is 17.8 Å². The summed E-state index contributed by atoms with van der Waals surface area (Å²) in [7, 11) is 1.68. The number of amides is 3. The number of para-hydroxylation sites is 1. The first-order valence-electron chi connectivity index (χ1n) is 14.6. The minimum absolute atomic E-state index is 0.0253. The molecule has 11 heteroatoms. The molecule has 1 saturated carbocycles. The number of rotatable bonds is 7. The maximum absolute atomic E-state index is 14.5. The van der Waals surface area contributed by atoms with Gasteiger partial charge < -0.3 is 25.6 Å². The average Bonchev–Trinajstić information content (AvgIpc) is 3.27. The van der Waals surface area contributed by atoms with Gasteiger partial charge in [0.05, 0.1) is 25.2 Å². The number of nitrogens with zero attached hydrogens (tertiary/aromatic N) is 2. The van der Waals surface area contributed by atoms with Crippen LogP contribution in [0.1, 0.15) is 63.5 Å². The molecule has 3 amide bonds. The maximum atomic E-state index is 14.5. The van der Waals surface area contributed by atoms with E-state index in [-0.39, 0.29) is 49.2 Å². The monoisotopic (exact) mass is 561 g/mol. The van der Waals surface area contributed by atoms with Crippen LogP contribution < -0.4 is 20.7 Å². The zero-order valence-corrected chi connectivity index (χ0v) is 23.3.